The molecule has 154 valence electrons. The van der Waals surface area contributed by atoms with Gasteiger partial charge in [-0.15, -0.1) is 0 Å². The summed E-state index contributed by atoms with van der Waals surface area (Å²) in [5.41, 5.74) is 0.808. The van der Waals surface area contributed by atoms with Crippen LogP contribution in [0.3, 0.4) is 0 Å². The molecule has 0 atom stereocenters. The number of anilines is 1. The predicted molar refractivity (Wildman–Crippen MR) is 113 cm³/mol. The Morgan fingerprint density at radius 2 is 1.86 bits per heavy atom. The Bertz CT molecular complexity index is 890. The Morgan fingerprint density at radius 1 is 1.14 bits per heavy atom. The van der Waals surface area contributed by atoms with Gasteiger partial charge in [-0.1, -0.05) is 25.0 Å². The van der Waals surface area contributed by atoms with Crippen LogP contribution in [-0.4, -0.2) is 37.4 Å². The second-order valence-corrected chi connectivity index (χ2v) is 7.82. The van der Waals surface area contributed by atoms with Crippen molar-refractivity contribution in [2.75, 3.05) is 18.5 Å². The van der Waals surface area contributed by atoms with Crippen LogP contribution in [0.5, 0.6) is 0 Å². The van der Waals surface area contributed by atoms with Gasteiger partial charge in [-0.05, 0) is 53.0 Å². The summed E-state index contributed by atoms with van der Waals surface area (Å²) in [5, 5.41) is 5.76. The smallest absolute Gasteiger partial charge is 0.293 e. The Kier molecular flexibility index (Phi) is 7.09. The van der Waals surface area contributed by atoms with E-state index in [-0.39, 0.29) is 42.5 Å². The summed E-state index contributed by atoms with van der Waals surface area (Å²) in [7, 11) is 1.58. The molecule has 1 aromatic carbocycles. The van der Waals surface area contributed by atoms with Gasteiger partial charge in [0.05, 0.1) is 11.3 Å². The molecule has 0 bridgehead atoms. The molecule has 0 unspecified atom stereocenters. The average molecular weight is 462 g/mol. The number of amides is 3. The van der Waals surface area contributed by atoms with Crippen LogP contribution in [0, 0.1) is 0 Å². The van der Waals surface area contributed by atoms with Gasteiger partial charge in [0.25, 0.3) is 11.8 Å². The van der Waals surface area contributed by atoms with Gasteiger partial charge in [0.1, 0.15) is 0 Å². The molecule has 29 heavy (non-hydrogen) atoms. The minimum absolute atomic E-state index is 0.0545. The van der Waals surface area contributed by atoms with E-state index in [1.54, 1.807) is 43.4 Å². The Morgan fingerprint density at radius 3 is 2.55 bits per heavy atom. The van der Waals surface area contributed by atoms with Gasteiger partial charge in [0.15, 0.2) is 10.4 Å². The van der Waals surface area contributed by atoms with Crippen LogP contribution in [0.1, 0.15) is 53.0 Å². The first-order valence-electron chi connectivity index (χ1n) is 9.65. The second-order valence-electron chi connectivity index (χ2n) is 7.04. The number of para-hydroxylation sites is 1. The third kappa shape index (κ3) is 5.47. The van der Waals surface area contributed by atoms with Gasteiger partial charge in [-0.2, -0.15) is 0 Å². The highest BCUT2D eigenvalue weighted by molar-refractivity contribution is 9.10. The van der Waals surface area contributed by atoms with E-state index in [0.717, 1.165) is 25.7 Å². The topological polar surface area (TPSA) is 91.7 Å². The van der Waals surface area contributed by atoms with Crippen LogP contribution in [0.15, 0.2) is 45.5 Å². The first-order chi connectivity index (χ1) is 14.0. The first-order valence-corrected chi connectivity index (χ1v) is 10.4. The molecule has 0 aliphatic heterocycles. The maximum Gasteiger partial charge on any atom is 0.293 e. The molecule has 1 heterocycles. The highest BCUT2D eigenvalue weighted by Crippen LogP contribution is 2.23. The van der Waals surface area contributed by atoms with Crippen LogP contribution in [0.2, 0.25) is 0 Å². The quantitative estimate of drug-likeness (QED) is 0.659. The zero-order valence-electron chi connectivity index (χ0n) is 16.2. The number of furan rings is 1. The predicted octanol–water partition coefficient (Wildman–Crippen LogP) is 3.50. The largest absolute Gasteiger partial charge is 0.444 e. The Labute approximate surface area is 178 Å². The minimum Gasteiger partial charge on any atom is -0.444 e. The molecule has 3 rings (SSSR count). The number of carbonyl (C=O) groups is 3. The monoisotopic (exact) mass is 461 g/mol. The molecule has 1 saturated carbocycles. The van der Waals surface area contributed by atoms with Crippen molar-refractivity contribution in [1.29, 1.82) is 0 Å². The number of nitrogens with one attached hydrogen (secondary N) is 2. The van der Waals surface area contributed by atoms with Crippen LogP contribution < -0.4 is 15.5 Å². The van der Waals surface area contributed by atoms with Gasteiger partial charge in [0.2, 0.25) is 5.91 Å². The summed E-state index contributed by atoms with van der Waals surface area (Å²) in [6.45, 7) is 0.231. The van der Waals surface area contributed by atoms with Crippen molar-refractivity contribution in [3.05, 3.63) is 52.4 Å². The van der Waals surface area contributed by atoms with E-state index in [1.807, 2.05) is 0 Å². The van der Waals surface area contributed by atoms with Crippen LogP contribution in [0.4, 0.5) is 5.69 Å². The lowest BCUT2D eigenvalue weighted by atomic mass is 10.1. The fourth-order valence-corrected chi connectivity index (χ4v) is 3.72. The maximum absolute atomic E-state index is 12.6. The number of nitrogens with zero attached hydrogens (tertiary/aromatic N) is 1. The number of rotatable bonds is 7. The molecule has 1 aromatic heterocycles. The third-order valence-corrected chi connectivity index (χ3v) is 5.38. The molecular formula is C21H24BrN3O4. The Balaban J connectivity index is 1.59. The van der Waals surface area contributed by atoms with Gasteiger partial charge >= 0.3 is 0 Å². The molecule has 0 saturated heterocycles. The summed E-state index contributed by atoms with van der Waals surface area (Å²) in [6.07, 6.45) is 4.58. The zero-order valence-corrected chi connectivity index (χ0v) is 17.8. The molecule has 1 aliphatic carbocycles. The van der Waals surface area contributed by atoms with E-state index in [0.29, 0.717) is 15.9 Å². The van der Waals surface area contributed by atoms with E-state index >= 15 is 0 Å². The lowest BCUT2D eigenvalue weighted by Gasteiger charge is -2.19. The highest BCUT2D eigenvalue weighted by Gasteiger charge is 2.22. The normalized spacial score (nSPS) is 13.9. The number of benzene rings is 1. The molecule has 1 fully saturated rings. The van der Waals surface area contributed by atoms with Crippen LogP contribution in [0.25, 0.3) is 0 Å². The summed E-state index contributed by atoms with van der Waals surface area (Å²) in [4.78, 5) is 38.7. The Hall–Kier alpha value is -2.61. The van der Waals surface area contributed by atoms with E-state index in [2.05, 4.69) is 26.6 Å². The molecule has 2 aromatic rings. The second kappa shape index (κ2) is 9.73. The SMILES string of the molecule is CN(C(=O)c1ccc(Br)o1)c1ccccc1C(=O)NCCC(=O)NC1CCCC1. The maximum atomic E-state index is 12.6. The van der Waals surface area contributed by atoms with Crippen molar-refractivity contribution in [3.63, 3.8) is 0 Å². The van der Waals surface area contributed by atoms with Crippen molar-refractivity contribution in [1.82, 2.24) is 10.6 Å². The van der Waals surface area contributed by atoms with Gasteiger partial charge in [-0.3, -0.25) is 14.4 Å². The summed E-state index contributed by atoms with van der Waals surface area (Å²) >= 11 is 3.18. The van der Waals surface area contributed by atoms with E-state index < -0.39 is 0 Å². The third-order valence-electron chi connectivity index (χ3n) is 4.96. The summed E-state index contributed by atoms with van der Waals surface area (Å²) in [5.74, 6) is -0.596. The number of halogens is 1. The molecule has 0 spiro atoms. The van der Waals surface area contributed by atoms with E-state index in [1.165, 1.54) is 4.90 Å². The van der Waals surface area contributed by atoms with E-state index in [9.17, 15) is 14.4 Å². The van der Waals surface area contributed by atoms with Gasteiger partial charge in [-0.25, -0.2) is 0 Å². The molecular weight excluding hydrogens is 438 g/mol. The summed E-state index contributed by atoms with van der Waals surface area (Å²) in [6, 6.07) is 10.3. The molecule has 0 radical (unpaired) electrons. The van der Waals surface area contributed by atoms with Crippen molar-refractivity contribution in [2.45, 2.75) is 38.1 Å². The van der Waals surface area contributed by atoms with Crippen molar-refractivity contribution in [2.24, 2.45) is 0 Å². The lowest BCUT2D eigenvalue weighted by Crippen LogP contribution is -2.36. The van der Waals surface area contributed by atoms with Crippen molar-refractivity contribution >= 4 is 39.3 Å². The number of carbonyl (C=O) groups excluding carboxylic acids is 3. The minimum atomic E-state index is -0.369. The summed E-state index contributed by atoms with van der Waals surface area (Å²) < 4.78 is 5.77. The zero-order chi connectivity index (χ0) is 20.8. The van der Waals surface area contributed by atoms with Gasteiger partial charge < -0.3 is 20.0 Å². The standard InChI is InChI=1S/C21H24BrN3O4/c1-25(21(28)17-10-11-18(22)29-17)16-9-5-4-8-15(16)20(27)23-13-12-19(26)24-14-6-2-3-7-14/h4-5,8-11,14H,2-3,6-7,12-13H2,1H3,(H,23,27)(H,24,26). The lowest BCUT2D eigenvalue weighted by molar-refractivity contribution is -0.121. The van der Waals surface area contributed by atoms with Crippen molar-refractivity contribution in [3.8, 4) is 0 Å². The van der Waals surface area contributed by atoms with Crippen LogP contribution in [-0.2, 0) is 4.79 Å². The molecule has 2 N–H and O–H groups in total. The van der Waals surface area contributed by atoms with Crippen LogP contribution >= 0.6 is 15.9 Å². The highest BCUT2D eigenvalue weighted by atomic mass is 79.9. The molecule has 1 aliphatic rings. The fourth-order valence-electron chi connectivity index (χ4n) is 3.42. The van der Waals surface area contributed by atoms with Gasteiger partial charge in [0, 0.05) is 26.1 Å². The first kappa shape index (κ1) is 21.1. The molecule has 7 nitrogen and oxygen atoms in total. The molecule has 3 amide bonds. The van der Waals surface area contributed by atoms with E-state index in [4.69, 9.17) is 4.42 Å². The fraction of sp³-hybridized carbons (Fsp3) is 0.381. The van der Waals surface area contributed by atoms with Crippen molar-refractivity contribution < 1.29 is 18.8 Å². The average Bonchev–Trinajstić information content (AvgIpc) is 3.38. The number of hydrogen-bond acceptors (Lipinski definition) is 4. The number of hydrogen-bond donors (Lipinski definition) is 2. The molecule has 8 heteroatoms.